The van der Waals surface area contributed by atoms with Crippen molar-refractivity contribution >= 4 is 66.7 Å². The van der Waals surface area contributed by atoms with E-state index in [-0.39, 0.29) is 50.0 Å². The molecule has 0 atom stereocenters. The normalized spacial score (nSPS) is 14.2. The lowest BCUT2D eigenvalue weighted by atomic mass is 9.34. The summed E-state index contributed by atoms with van der Waals surface area (Å²) < 4.78 is 5.35. The molecule has 0 aliphatic carbocycles. The van der Waals surface area contributed by atoms with Gasteiger partial charge in [-0.25, -0.2) is 9.97 Å². The molecule has 0 N–H and O–H groups in total. The molecule has 10 aromatic rings. The van der Waals surface area contributed by atoms with Crippen molar-refractivity contribution < 1.29 is 0 Å². The van der Waals surface area contributed by atoms with Gasteiger partial charge in [0.1, 0.15) is 0 Å². The molecule has 3 aromatic heterocycles. The Balaban J connectivity index is 1.29. The Labute approximate surface area is 497 Å². The van der Waals surface area contributed by atoms with Gasteiger partial charge < -0.3 is 9.13 Å². The van der Waals surface area contributed by atoms with Crippen LogP contribution in [0.25, 0.3) is 88.9 Å². The van der Waals surface area contributed by atoms with Gasteiger partial charge >= 0.3 is 0 Å². The van der Waals surface area contributed by atoms with Gasteiger partial charge in [-0.3, -0.25) is 0 Å². The lowest BCUT2D eigenvalue weighted by molar-refractivity contribution is 0.568. The smallest absolute Gasteiger partial charge is 0.252 e. The highest BCUT2D eigenvalue weighted by Crippen LogP contribution is 2.48. The van der Waals surface area contributed by atoms with Crippen LogP contribution in [0.4, 0.5) is 0 Å². The van der Waals surface area contributed by atoms with E-state index in [2.05, 4.69) is 291 Å². The number of benzene rings is 7. The summed E-state index contributed by atoms with van der Waals surface area (Å²) in [5, 5.41) is 5.31. The van der Waals surface area contributed by atoms with Crippen molar-refractivity contribution in [1.82, 2.24) is 19.1 Å². The van der Waals surface area contributed by atoms with Crippen LogP contribution in [0, 0.1) is 0 Å². The second-order valence-electron chi connectivity index (χ2n) is 33.4. The van der Waals surface area contributed by atoms with E-state index in [0.29, 0.717) is 0 Å². The van der Waals surface area contributed by atoms with Gasteiger partial charge in [0.2, 0.25) is 0 Å². The molecule has 83 heavy (non-hydrogen) atoms. The number of nitrogens with zero attached hydrogens (tertiary/aromatic N) is 4. The molecule has 0 saturated heterocycles. The average molecular weight is 1100 g/mol. The number of hydrogen-bond donors (Lipinski definition) is 0. The van der Waals surface area contributed by atoms with E-state index in [0.717, 1.165) is 33.9 Å². The van der Waals surface area contributed by atoms with Crippen LogP contribution in [-0.2, 0) is 43.3 Å². The Morgan fingerprint density at radius 1 is 0.325 bits per heavy atom. The third-order valence-corrected chi connectivity index (χ3v) is 18.6. The number of fused-ring (bicyclic) bond motifs is 10. The van der Waals surface area contributed by atoms with Crippen LogP contribution in [0.1, 0.15) is 211 Å². The molecule has 4 nitrogen and oxygen atoms in total. The molecule has 0 unspecified atom stereocenters. The van der Waals surface area contributed by atoms with Crippen LogP contribution in [0.2, 0.25) is 0 Å². The molecule has 0 spiro atoms. The maximum atomic E-state index is 5.89. The minimum absolute atomic E-state index is 0.0230. The molecule has 0 saturated carbocycles. The summed E-state index contributed by atoms with van der Waals surface area (Å²) in [6, 6.07) is 46.1. The van der Waals surface area contributed by atoms with Crippen LogP contribution in [0.15, 0.2) is 115 Å². The lowest BCUT2D eigenvalue weighted by Gasteiger charge is -2.34. The molecule has 5 heterocycles. The zero-order valence-corrected chi connectivity index (χ0v) is 54.8. The molecule has 12 rings (SSSR count). The first-order chi connectivity index (χ1) is 38.2. The Bertz CT molecular complexity index is 4040. The molecule has 0 bridgehead atoms. The second-order valence-corrected chi connectivity index (χ2v) is 33.4. The monoisotopic (exact) mass is 1090 g/mol. The zero-order valence-electron chi connectivity index (χ0n) is 54.8. The topological polar surface area (TPSA) is 35.6 Å². The molecule has 7 aromatic carbocycles. The molecular formula is C78H91BN4. The van der Waals surface area contributed by atoms with E-state index in [1.165, 1.54) is 116 Å². The summed E-state index contributed by atoms with van der Waals surface area (Å²) >= 11 is 0. The van der Waals surface area contributed by atoms with Crippen molar-refractivity contribution in [2.24, 2.45) is 0 Å². The first kappa shape index (κ1) is 56.8. The van der Waals surface area contributed by atoms with E-state index in [1.54, 1.807) is 0 Å². The standard InChI is InChI=1S/C78H91BN4/c1-71(2,3)47-31-44(32-48(37-47)72(4,5)6)59-43-60(45-33-49(73(7,8)9)38-50(34-45)74(10,11)12)81-70(80-59)46-35-63-67-64(36-46)83-62-42-52(76(16,17)18)40-56(78(22,23)24)66(62)54-28-26-30-58(69(54)83)79(67)57-29-25-27-53-65-55(77(19,20)21)39-51(75(13,14)15)41-61(65)82(63)68(53)57/h25-43H,1-24H3. The third-order valence-electron chi connectivity index (χ3n) is 18.6. The van der Waals surface area contributed by atoms with Gasteiger partial charge in [-0.05, 0) is 159 Å². The first-order valence-corrected chi connectivity index (χ1v) is 30.8. The Morgan fingerprint density at radius 2 is 0.651 bits per heavy atom. The Morgan fingerprint density at radius 3 is 0.964 bits per heavy atom. The lowest BCUT2D eigenvalue weighted by Crippen LogP contribution is -2.59. The third kappa shape index (κ3) is 9.23. The van der Waals surface area contributed by atoms with Crippen molar-refractivity contribution in [2.75, 3.05) is 0 Å². The van der Waals surface area contributed by atoms with Gasteiger partial charge in [0.05, 0.1) is 22.4 Å². The highest BCUT2D eigenvalue weighted by Gasteiger charge is 2.43. The van der Waals surface area contributed by atoms with Gasteiger partial charge in [-0.1, -0.05) is 227 Å². The molecule has 0 amide bonds. The van der Waals surface area contributed by atoms with E-state index < -0.39 is 0 Å². The summed E-state index contributed by atoms with van der Waals surface area (Å²) in [7, 11) is 0. The van der Waals surface area contributed by atoms with Crippen LogP contribution >= 0.6 is 0 Å². The molecule has 2 aliphatic rings. The van der Waals surface area contributed by atoms with Crippen LogP contribution in [0.5, 0.6) is 0 Å². The van der Waals surface area contributed by atoms with Gasteiger partial charge in [-0.2, -0.15) is 0 Å². The van der Waals surface area contributed by atoms with E-state index in [9.17, 15) is 0 Å². The number of para-hydroxylation sites is 2. The van der Waals surface area contributed by atoms with E-state index >= 15 is 0 Å². The zero-order chi connectivity index (χ0) is 60.2. The fourth-order valence-corrected chi connectivity index (χ4v) is 13.5. The summed E-state index contributed by atoms with van der Waals surface area (Å²) in [6.07, 6.45) is 0. The fraction of sp³-hybridized carbons (Fsp3) is 0.410. The van der Waals surface area contributed by atoms with Crippen molar-refractivity contribution in [1.29, 1.82) is 0 Å². The molecule has 5 heteroatoms. The quantitative estimate of drug-likeness (QED) is 0.165. The first-order valence-electron chi connectivity index (χ1n) is 30.8. The minimum Gasteiger partial charge on any atom is -0.310 e. The Kier molecular flexibility index (Phi) is 12.2. The predicted octanol–water partition coefficient (Wildman–Crippen LogP) is 19.2. The summed E-state index contributed by atoms with van der Waals surface area (Å²) in [6.45, 7) is 56.5. The molecule has 0 fully saturated rings. The van der Waals surface area contributed by atoms with Gasteiger partial charge in [0, 0.05) is 60.6 Å². The number of rotatable bonds is 3. The number of hydrogen-bond acceptors (Lipinski definition) is 2. The molecule has 0 radical (unpaired) electrons. The van der Waals surface area contributed by atoms with Crippen molar-refractivity contribution in [3.63, 3.8) is 0 Å². The number of aromatic nitrogens is 4. The highest BCUT2D eigenvalue weighted by molar-refractivity contribution is 7.00. The van der Waals surface area contributed by atoms with E-state index in [4.69, 9.17) is 9.97 Å². The summed E-state index contributed by atoms with van der Waals surface area (Å²) in [5.74, 6) is 0.722. The average Bonchev–Trinajstić information content (AvgIpc) is 1.72. The predicted molar refractivity (Wildman–Crippen MR) is 361 cm³/mol. The van der Waals surface area contributed by atoms with Gasteiger partial charge in [0.15, 0.2) is 5.82 Å². The maximum absolute atomic E-state index is 5.89. The largest absolute Gasteiger partial charge is 0.310 e. The van der Waals surface area contributed by atoms with Crippen molar-refractivity contribution in [3.8, 4) is 45.3 Å². The second kappa shape index (κ2) is 17.9. The van der Waals surface area contributed by atoms with Crippen LogP contribution < -0.4 is 16.4 Å². The fourth-order valence-electron chi connectivity index (χ4n) is 13.5. The molecule has 2 aliphatic heterocycles. The minimum atomic E-state index is -0.122. The van der Waals surface area contributed by atoms with Crippen molar-refractivity contribution in [3.05, 3.63) is 160 Å². The maximum Gasteiger partial charge on any atom is 0.252 e. The highest BCUT2D eigenvalue weighted by atomic mass is 15.0. The molecular weight excluding hydrogens is 1000 g/mol. The van der Waals surface area contributed by atoms with Crippen LogP contribution in [-0.4, -0.2) is 25.8 Å². The van der Waals surface area contributed by atoms with Gasteiger partial charge in [0.25, 0.3) is 6.71 Å². The van der Waals surface area contributed by atoms with Gasteiger partial charge in [-0.15, -0.1) is 0 Å². The van der Waals surface area contributed by atoms with Crippen molar-refractivity contribution in [2.45, 2.75) is 209 Å². The summed E-state index contributed by atoms with van der Waals surface area (Å²) in [4.78, 5) is 11.8. The van der Waals surface area contributed by atoms with E-state index in [1.807, 2.05) is 0 Å². The summed E-state index contributed by atoms with van der Waals surface area (Å²) in [5.41, 5.74) is 26.5. The Hall–Kier alpha value is -6.72. The molecule has 426 valence electrons. The SMILES string of the molecule is CC(C)(C)c1cc(-c2cc(-c3cc(C(C)(C)C)cc(C(C)(C)C)c3)nc(-c3cc4c5c(c3)-n3c6cc(C(C)(C)C)cc(C(C)(C)C)c6c6cccc(c63)B5c3cccc5c6c(C(C)(C)C)cc(C(C)(C)C)cc6n-4c35)n2)cc(C(C)(C)C)c1. The van der Waals surface area contributed by atoms with Crippen LogP contribution in [0.3, 0.4) is 0 Å².